The van der Waals surface area contributed by atoms with Gasteiger partial charge in [0.1, 0.15) is 5.69 Å². The number of para-hydroxylation sites is 1. The Morgan fingerprint density at radius 3 is 2.84 bits per heavy atom. The Kier molecular flexibility index (Phi) is 6.01. The molecule has 1 aliphatic rings. The maximum atomic E-state index is 12.5. The molecule has 0 aliphatic carbocycles. The molecule has 0 saturated carbocycles. The van der Waals surface area contributed by atoms with Gasteiger partial charge in [0.15, 0.2) is 5.58 Å². The van der Waals surface area contributed by atoms with Crippen LogP contribution in [0.2, 0.25) is 0 Å². The van der Waals surface area contributed by atoms with Gasteiger partial charge in [-0.2, -0.15) is 0 Å². The Labute approximate surface area is 147 Å². The number of aromatic nitrogens is 1. The average molecular weight is 347 g/mol. The number of hydrogen-bond acceptors (Lipinski definition) is 6. The standard InChI is InChI=1S/C18H25N3O4/c1-2-24-13-14(22)12-20-7-9-21(10-8-20)18(23)11-16-15-5-3-4-6-17(15)25-19-16/h3-6,14,22H,2,7-13H2,1H3/t14-/m0/s1. The first kappa shape index (κ1) is 17.8. The number of benzene rings is 1. The summed E-state index contributed by atoms with van der Waals surface area (Å²) in [4.78, 5) is 16.6. The lowest BCUT2D eigenvalue weighted by atomic mass is 10.1. The molecule has 1 amide bonds. The maximum absolute atomic E-state index is 12.5. The second-order valence-electron chi connectivity index (χ2n) is 6.30. The van der Waals surface area contributed by atoms with E-state index in [0.29, 0.717) is 44.1 Å². The molecule has 0 spiro atoms. The monoisotopic (exact) mass is 347 g/mol. The Hall–Kier alpha value is -1.96. The number of β-amino-alcohol motifs (C(OH)–C–C–N with tert-alkyl or cyclic N) is 1. The highest BCUT2D eigenvalue weighted by Crippen LogP contribution is 2.19. The van der Waals surface area contributed by atoms with Crippen LogP contribution >= 0.6 is 0 Å². The van der Waals surface area contributed by atoms with Crippen molar-refractivity contribution in [2.75, 3.05) is 45.9 Å². The van der Waals surface area contributed by atoms with E-state index in [4.69, 9.17) is 9.26 Å². The Bertz CT molecular complexity index is 694. The van der Waals surface area contributed by atoms with Gasteiger partial charge in [-0.15, -0.1) is 0 Å². The second-order valence-corrected chi connectivity index (χ2v) is 6.30. The summed E-state index contributed by atoms with van der Waals surface area (Å²) in [5, 5.41) is 14.8. The van der Waals surface area contributed by atoms with E-state index >= 15 is 0 Å². The Morgan fingerprint density at radius 1 is 1.32 bits per heavy atom. The second kappa shape index (κ2) is 8.42. The van der Waals surface area contributed by atoms with Crippen molar-refractivity contribution >= 4 is 16.9 Å². The number of nitrogens with zero attached hydrogens (tertiary/aromatic N) is 3. The predicted octanol–water partition coefficient (Wildman–Crippen LogP) is 0.912. The molecule has 1 saturated heterocycles. The van der Waals surface area contributed by atoms with Crippen LogP contribution in [0.3, 0.4) is 0 Å². The highest BCUT2D eigenvalue weighted by molar-refractivity contribution is 5.86. The minimum absolute atomic E-state index is 0.0635. The van der Waals surface area contributed by atoms with Crippen LogP contribution in [0.15, 0.2) is 28.8 Å². The minimum Gasteiger partial charge on any atom is -0.389 e. The molecule has 1 N–H and O–H groups in total. The third-order valence-electron chi connectivity index (χ3n) is 4.48. The molecule has 1 atom stereocenters. The Balaban J connectivity index is 1.48. The van der Waals surface area contributed by atoms with Gasteiger partial charge < -0.3 is 19.3 Å². The molecular formula is C18H25N3O4. The number of ether oxygens (including phenoxy) is 1. The smallest absolute Gasteiger partial charge is 0.228 e. The van der Waals surface area contributed by atoms with E-state index in [-0.39, 0.29) is 12.3 Å². The number of fused-ring (bicyclic) bond motifs is 1. The lowest BCUT2D eigenvalue weighted by molar-refractivity contribution is -0.132. The van der Waals surface area contributed by atoms with E-state index in [0.717, 1.165) is 18.5 Å². The van der Waals surface area contributed by atoms with Gasteiger partial charge in [0.2, 0.25) is 5.91 Å². The van der Waals surface area contributed by atoms with Crippen LogP contribution in [0.5, 0.6) is 0 Å². The molecule has 2 heterocycles. The van der Waals surface area contributed by atoms with Gasteiger partial charge in [0.05, 0.1) is 19.1 Å². The van der Waals surface area contributed by atoms with Crippen LogP contribution in [0.4, 0.5) is 0 Å². The molecule has 3 rings (SSSR count). The number of hydrogen-bond donors (Lipinski definition) is 1. The lowest BCUT2D eigenvalue weighted by Crippen LogP contribution is -2.51. The van der Waals surface area contributed by atoms with Crippen LogP contribution in [0.1, 0.15) is 12.6 Å². The quantitative estimate of drug-likeness (QED) is 0.802. The summed E-state index contributed by atoms with van der Waals surface area (Å²) in [6.45, 7) is 6.30. The maximum Gasteiger partial charge on any atom is 0.228 e. The molecule has 1 aliphatic heterocycles. The molecular weight excluding hydrogens is 322 g/mol. The number of aliphatic hydroxyl groups excluding tert-OH is 1. The van der Waals surface area contributed by atoms with Crippen molar-refractivity contribution in [1.82, 2.24) is 15.0 Å². The SMILES string of the molecule is CCOC[C@@H](O)CN1CCN(C(=O)Cc2noc3ccccc23)CC1. The highest BCUT2D eigenvalue weighted by Gasteiger charge is 2.24. The van der Waals surface area contributed by atoms with Gasteiger partial charge in [0, 0.05) is 44.7 Å². The third kappa shape index (κ3) is 4.56. The topological polar surface area (TPSA) is 79.0 Å². The zero-order valence-corrected chi connectivity index (χ0v) is 14.6. The molecule has 136 valence electrons. The summed E-state index contributed by atoms with van der Waals surface area (Å²) in [6, 6.07) is 7.58. The fourth-order valence-corrected chi connectivity index (χ4v) is 3.11. The number of carbonyl (C=O) groups excluding carboxylic acids is 1. The predicted molar refractivity (Wildman–Crippen MR) is 93.2 cm³/mol. The van der Waals surface area contributed by atoms with Crippen molar-refractivity contribution in [2.45, 2.75) is 19.4 Å². The third-order valence-corrected chi connectivity index (χ3v) is 4.48. The first-order valence-corrected chi connectivity index (χ1v) is 8.76. The van der Waals surface area contributed by atoms with Crippen molar-refractivity contribution in [3.8, 4) is 0 Å². The molecule has 1 fully saturated rings. The van der Waals surface area contributed by atoms with Crippen LogP contribution in [0.25, 0.3) is 11.0 Å². The zero-order chi connectivity index (χ0) is 17.6. The van der Waals surface area contributed by atoms with E-state index in [2.05, 4.69) is 10.1 Å². The van der Waals surface area contributed by atoms with Crippen LogP contribution in [-0.4, -0.2) is 78.0 Å². The van der Waals surface area contributed by atoms with Gasteiger partial charge in [0.25, 0.3) is 0 Å². The fourth-order valence-electron chi connectivity index (χ4n) is 3.11. The molecule has 1 aromatic carbocycles. The summed E-state index contributed by atoms with van der Waals surface area (Å²) in [5.41, 5.74) is 1.40. The summed E-state index contributed by atoms with van der Waals surface area (Å²) in [6.07, 6.45) is -0.229. The first-order valence-electron chi connectivity index (χ1n) is 8.76. The zero-order valence-electron chi connectivity index (χ0n) is 14.6. The van der Waals surface area contributed by atoms with E-state index in [1.807, 2.05) is 36.1 Å². The Morgan fingerprint density at radius 2 is 2.08 bits per heavy atom. The number of amides is 1. The van der Waals surface area contributed by atoms with E-state index in [9.17, 15) is 9.90 Å². The van der Waals surface area contributed by atoms with Crippen molar-refractivity contribution in [3.05, 3.63) is 30.0 Å². The van der Waals surface area contributed by atoms with Crippen molar-refractivity contribution < 1.29 is 19.2 Å². The van der Waals surface area contributed by atoms with Crippen molar-refractivity contribution in [2.24, 2.45) is 0 Å². The summed E-state index contributed by atoms with van der Waals surface area (Å²) < 4.78 is 10.5. The number of piperazine rings is 1. The van der Waals surface area contributed by atoms with E-state index in [1.54, 1.807) is 0 Å². The first-order chi connectivity index (χ1) is 12.2. The van der Waals surface area contributed by atoms with Crippen LogP contribution in [0, 0.1) is 0 Å². The largest absolute Gasteiger partial charge is 0.389 e. The number of aliphatic hydroxyl groups is 1. The molecule has 2 aromatic rings. The van der Waals surface area contributed by atoms with Gasteiger partial charge in [-0.25, -0.2) is 0 Å². The average Bonchev–Trinajstić information content (AvgIpc) is 3.03. The molecule has 7 heteroatoms. The minimum atomic E-state index is -0.483. The van der Waals surface area contributed by atoms with Crippen LogP contribution in [-0.2, 0) is 16.0 Å². The molecule has 1 aromatic heterocycles. The van der Waals surface area contributed by atoms with Crippen molar-refractivity contribution in [3.63, 3.8) is 0 Å². The number of rotatable bonds is 7. The molecule has 0 bridgehead atoms. The molecule has 0 radical (unpaired) electrons. The van der Waals surface area contributed by atoms with Gasteiger partial charge >= 0.3 is 0 Å². The van der Waals surface area contributed by atoms with Gasteiger partial charge in [-0.05, 0) is 19.1 Å². The van der Waals surface area contributed by atoms with E-state index < -0.39 is 6.10 Å². The normalized spacial score (nSPS) is 17.1. The number of carbonyl (C=O) groups is 1. The van der Waals surface area contributed by atoms with Crippen molar-refractivity contribution in [1.29, 1.82) is 0 Å². The molecule has 0 unspecified atom stereocenters. The van der Waals surface area contributed by atoms with E-state index in [1.165, 1.54) is 0 Å². The summed E-state index contributed by atoms with van der Waals surface area (Å²) >= 11 is 0. The lowest BCUT2D eigenvalue weighted by Gasteiger charge is -2.35. The summed E-state index contributed by atoms with van der Waals surface area (Å²) in [5.74, 6) is 0.0635. The van der Waals surface area contributed by atoms with Gasteiger partial charge in [-0.3, -0.25) is 9.69 Å². The highest BCUT2D eigenvalue weighted by atomic mass is 16.5. The summed E-state index contributed by atoms with van der Waals surface area (Å²) in [7, 11) is 0. The van der Waals surface area contributed by atoms with Crippen LogP contribution < -0.4 is 0 Å². The molecule has 25 heavy (non-hydrogen) atoms. The molecule has 7 nitrogen and oxygen atoms in total. The fraction of sp³-hybridized carbons (Fsp3) is 0.556. The van der Waals surface area contributed by atoms with Gasteiger partial charge in [-0.1, -0.05) is 17.3 Å².